The minimum atomic E-state index is 0.307. The lowest BCUT2D eigenvalue weighted by Crippen LogP contribution is -2.23. The third-order valence-corrected chi connectivity index (χ3v) is 5.23. The van der Waals surface area contributed by atoms with Crippen LogP contribution in [-0.2, 0) is 11.2 Å². The summed E-state index contributed by atoms with van der Waals surface area (Å²) in [6.45, 7) is 4.24. The second-order valence-electron chi connectivity index (χ2n) is 5.89. The smallest absolute Gasteiger partial charge is 0.142 e. The zero-order valence-electron chi connectivity index (χ0n) is 12.2. The van der Waals surface area contributed by atoms with E-state index in [1.54, 1.807) is 11.3 Å². The Morgan fingerprint density at radius 3 is 2.68 bits per heavy atom. The van der Waals surface area contributed by atoms with Gasteiger partial charge in [-0.3, -0.25) is 4.79 Å². The second-order valence-corrected chi connectivity index (χ2v) is 6.83. The lowest BCUT2D eigenvalue weighted by atomic mass is 9.78. The molecule has 2 rings (SSSR count). The summed E-state index contributed by atoms with van der Waals surface area (Å²) in [7, 11) is 0. The van der Waals surface area contributed by atoms with Crippen LogP contribution in [0.1, 0.15) is 62.6 Å². The molecule has 0 aliphatic heterocycles. The van der Waals surface area contributed by atoms with Crippen molar-refractivity contribution in [2.75, 3.05) is 0 Å². The summed E-state index contributed by atoms with van der Waals surface area (Å²) in [4.78, 5) is 16.7. The standard InChI is InChI=1S/C16H25NOS/c1-3-4-5-13-6-8-14(9-7-13)15(18)10-16-17-12(2)11-19-16/h11,13-14H,3-10H2,1-2H3. The lowest BCUT2D eigenvalue weighted by Gasteiger charge is -2.27. The maximum absolute atomic E-state index is 12.3. The van der Waals surface area contributed by atoms with E-state index in [0.717, 1.165) is 29.5 Å². The molecule has 0 N–H and O–H groups in total. The summed E-state index contributed by atoms with van der Waals surface area (Å²) < 4.78 is 0. The molecule has 1 aromatic heterocycles. The van der Waals surface area contributed by atoms with Crippen LogP contribution >= 0.6 is 11.3 Å². The molecular weight excluding hydrogens is 254 g/mol. The third kappa shape index (κ3) is 4.41. The van der Waals surface area contributed by atoms with E-state index in [1.165, 1.54) is 32.1 Å². The van der Waals surface area contributed by atoms with Crippen LogP contribution in [0, 0.1) is 18.8 Å². The molecule has 1 fully saturated rings. The first kappa shape index (κ1) is 14.7. The van der Waals surface area contributed by atoms with Gasteiger partial charge in [-0.1, -0.05) is 26.2 Å². The molecule has 0 atom stereocenters. The van der Waals surface area contributed by atoms with Crippen LogP contribution < -0.4 is 0 Å². The summed E-state index contributed by atoms with van der Waals surface area (Å²) in [5.74, 6) is 1.61. The molecule has 0 saturated heterocycles. The Labute approximate surface area is 120 Å². The van der Waals surface area contributed by atoms with E-state index < -0.39 is 0 Å². The van der Waals surface area contributed by atoms with Crippen LogP contribution in [0.5, 0.6) is 0 Å². The van der Waals surface area contributed by atoms with Gasteiger partial charge in [0, 0.05) is 17.0 Å². The minimum Gasteiger partial charge on any atom is -0.299 e. The number of unbranched alkanes of at least 4 members (excludes halogenated alkanes) is 1. The van der Waals surface area contributed by atoms with Crippen molar-refractivity contribution >= 4 is 17.1 Å². The van der Waals surface area contributed by atoms with E-state index in [-0.39, 0.29) is 0 Å². The molecule has 1 aromatic rings. The zero-order valence-corrected chi connectivity index (χ0v) is 13.0. The van der Waals surface area contributed by atoms with Crippen LogP contribution in [0.3, 0.4) is 0 Å². The number of aromatic nitrogens is 1. The number of nitrogens with zero attached hydrogens (tertiary/aromatic N) is 1. The van der Waals surface area contributed by atoms with Gasteiger partial charge in [-0.2, -0.15) is 0 Å². The van der Waals surface area contributed by atoms with E-state index in [2.05, 4.69) is 11.9 Å². The fourth-order valence-electron chi connectivity index (χ4n) is 3.04. The van der Waals surface area contributed by atoms with Gasteiger partial charge in [-0.25, -0.2) is 4.98 Å². The molecule has 19 heavy (non-hydrogen) atoms. The Bertz CT molecular complexity index is 405. The molecule has 0 spiro atoms. The van der Waals surface area contributed by atoms with Crippen molar-refractivity contribution in [3.63, 3.8) is 0 Å². The Kier molecular flexibility index (Phi) is 5.56. The molecule has 3 heteroatoms. The van der Waals surface area contributed by atoms with Crippen molar-refractivity contribution in [3.8, 4) is 0 Å². The second kappa shape index (κ2) is 7.18. The van der Waals surface area contributed by atoms with E-state index >= 15 is 0 Å². The maximum Gasteiger partial charge on any atom is 0.142 e. The van der Waals surface area contributed by atoms with Crippen molar-refractivity contribution < 1.29 is 4.79 Å². The maximum atomic E-state index is 12.3. The van der Waals surface area contributed by atoms with Gasteiger partial charge in [0.1, 0.15) is 10.8 Å². The Morgan fingerprint density at radius 1 is 1.37 bits per heavy atom. The molecule has 1 saturated carbocycles. The number of carbonyl (C=O) groups excluding carboxylic acids is 1. The summed E-state index contributed by atoms with van der Waals surface area (Å²) >= 11 is 1.62. The number of carbonyl (C=O) groups is 1. The number of Topliss-reactive ketones (excluding diaryl/α,β-unsaturated/α-hetero) is 1. The molecule has 0 aromatic carbocycles. The van der Waals surface area contributed by atoms with Gasteiger partial charge < -0.3 is 0 Å². The molecule has 1 aliphatic carbocycles. The molecule has 2 nitrogen and oxygen atoms in total. The molecule has 0 amide bonds. The monoisotopic (exact) mass is 279 g/mol. The average molecular weight is 279 g/mol. The molecule has 0 unspecified atom stereocenters. The first-order valence-electron chi connectivity index (χ1n) is 7.62. The molecule has 1 aliphatic rings. The van der Waals surface area contributed by atoms with Crippen LogP contribution in [0.4, 0.5) is 0 Å². The van der Waals surface area contributed by atoms with Crippen molar-refractivity contribution in [2.24, 2.45) is 11.8 Å². The van der Waals surface area contributed by atoms with E-state index in [4.69, 9.17) is 0 Å². The average Bonchev–Trinajstić information content (AvgIpc) is 2.82. The molecule has 1 heterocycles. The Hall–Kier alpha value is -0.700. The quantitative estimate of drug-likeness (QED) is 0.764. The Balaban J connectivity index is 1.76. The van der Waals surface area contributed by atoms with Gasteiger partial charge in [-0.05, 0) is 38.5 Å². The van der Waals surface area contributed by atoms with Crippen molar-refractivity contribution in [1.82, 2.24) is 4.98 Å². The summed E-state index contributed by atoms with van der Waals surface area (Å²) in [6.07, 6.45) is 9.30. The number of aryl methyl sites for hydroxylation is 1. The van der Waals surface area contributed by atoms with Crippen molar-refractivity contribution in [2.45, 2.75) is 65.2 Å². The van der Waals surface area contributed by atoms with Gasteiger partial charge >= 0.3 is 0 Å². The number of ketones is 1. The minimum absolute atomic E-state index is 0.307. The van der Waals surface area contributed by atoms with Gasteiger partial charge in [0.2, 0.25) is 0 Å². The molecule has 0 radical (unpaired) electrons. The molecule has 106 valence electrons. The van der Waals surface area contributed by atoms with E-state index in [0.29, 0.717) is 18.1 Å². The highest BCUT2D eigenvalue weighted by Crippen LogP contribution is 2.33. The normalized spacial score (nSPS) is 23.5. The zero-order chi connectivity index (χ0) is 13.7. The molecule has 0 bridgehead atoms. The highest BCUT2D eigenvalue weighted by molar-refractivity contribution is 7.09. The SMILES string of the molecule is CCCCC1CCC(C(=O)Cc2nc(C)cs2)CC1. The highest BCUT2D eigenvalue weighted by Gasteiger charge is 2.26. The first-order valence-corrected chi connectivity index (χ1v) is 8.50. The lowest BCUT2D eigenvalue weighted by molar-refractivity contribution is -0.123. The van der Waals surface area contributed by atoms with Gasteiger partial charge in [0.15, 0.2) is 0 Å². The summed E-state index contributed by atoms with van der Waals surface area (Å²) in [5.41, 5.74) is 1.04. The largest absolute Gasteiger partial charge is 0.299 e. The number of thiazole rings is 1. The predicted molar refractivity (Wildman–Crippen MR) is 80.5 cm³/mol. The number of hydrogen-bond acceptors (Lipinski definition) is 3. The van der Waals surface area contributed by atoms with Gasteiger partial charge in [-0.15, -0.1) is 11.3 Å². The van der Waals surface area contributed by atoms with Crippen molar-refractivity contribution in [1.29, 1.82) is 0 Å². The highest BCUT2D eigenvalue weighted by atomic mass is 32.1. The third-order valence-electron chi connectivity index (χ3n) is 4.26. The van der Waals surface area contributed by atoms with E-state index in [9.17, 15) is 4.79 Å². The van der Waals surface area contributed by atoms with Crippen LogP contribution in [0.25, 0.3) is 0 Å². The fourth-order valence-corrected chi connectivity index (χ4v) is 3.82. The van der Waals surface area contributed by atoms with Crippen LogP contribution in [-0.4, -0.2) is 10.8 Å². The summed E-state index contributed by atoms with van der Waals surface area (Å²) in [5, 5.41) is 3.03. The van der Waals surface area contributed by atoms with Crippen molar-refractivity contribution in [3.05, 3.63) is 16.1 Å². The number of rotatable bonds is 6. The van der Waals surface area contributed by atoms with E-state index in [1.807, 2.05) is 12.3 Å². The number of hydrogen-bond donors (Lipinski definition) is 0. The van der Waals surface area contributed by atoms with Crippen LogP contribution in [0.2, 0.25) is 0 Å². The topological polar surface area (TPSA) is 30.0 Å². The Morgan fingerprint density at radius 2 is 2.11 bits per heavy atom. The fraction of sp³-hybridized carbons (Fsp3) is 0.750. The first-order chi connectivity index (χ1) is 9.19. The molecular formula is C16H25NOS. The van der Waals surface area contributed by atoms with Gasteiger partial charge in [0.25, 0.3) is 0 Å². The van der Waals surface area contributed by atoms with Crippen LogP contribution in [0.15, 0.2) is 5.38 Å². The summed E-state index contributed by atoms with van der Waals surface area (Å²) in [6, 6.07) is 0. The van der Waals surface area contributed by atoms with Gasteiger partial charge in [0.05, 0.1) is 6.42 Å². The predicted octanol–water partition coefficient (Wildman–Crippen LogP) is 4.56.